The minimum atomic E-state index is -3.55. The second kappa shape index (κ2) is 6.62. The van der Waals surface area contributed by atoms with Crippen LogP contribution in [-0.2, 0) is 14.8 Å². The lowest BCUT2D eigenvalue weighted by atomic mass is 10.2. The van der Waals surface area contributed by atoms with Crippen LogP contribution in [0.25, 0.3) is 0 Å². The number of carbonyl (C=O) groups excluding carboxylic acids is 1. The summed E-state index contributed by atoms with van der Waals surface area (Å²) in [4.78, 5) is 12.1. The van der Waals surface area contributed by atoms with Crippen LogP contribution >= 0.6 is 0 Å². The highest BCUT2D eigenvalue weighted by Crippen LogP contribution is 2.18. The molecule has 6 heteroatoms. The number of anilines is 2. The summed E-state index contributed by atoms with van der Waals surface area (Å²) in [6.07, 6.45) is 1.09. The first kappa shape index (κ1) is 16.0. The van der Waals surface area contributed by atoms with E-state index in [2.05, 4.69) is 5.32 Å². The molecule has 22 heavy (non-hydrogen) atoms. The van der Waals surface area contributed by atoms with Crippen LogP contribution < -0.4 is 9.62 Å². The van der Waals surface area contributed by atoms with Crippen molar-refractivity contribution in [3.05, 3.63) is 60.2 Å². The summed E-state index contributed by atoms with van der Waals surface area (Å²) < 4.78 is 25.0. The smallest absolute Gasteiger partial charge is 0.245 e. The fourth-order valence-corrected chi connectivity index (χ4v) is 2.82. The molecule has 2 aromatic rings. The number of sulfonamides is 1. The molecule has 5 nitrogen and oxygen atoms in total. The molecule has 0 heterocycles. The van der Waals surface area contributed by atoms with Gasteiger partial charge in [-0.15, -0.1) is 0 Å². The molecule has 0 aromatic heterocycles. The van der Waals surface area contributed by atoms with Crippen LogP contribution in [-0.4, -0.2) is 27.1 Å². The third-order valence-corrected chi connectivity index (χ3v) is 4.21. The van der Waals surface area contributed by atoms with Crippen LogP contribution in [0.3, 0.4) is 0 Å². The average Bonchev–Trinajstić information content (AvgIpc) is 2.46. The SMILES string of the molecule is Cc1ccc(N(CC(=O)Nc2ccccc2)S(C)(=O)=O)cc1. The molecule has 0 atom stereocenters. The minimum Gasteiger partial charge on any atom is -0.325 e. The van der Waals surface area contributed by atoms with Gasteiger partial charge in [-0.25, -0.2) is 8.42 Å². The second-order valence-corrected chi connectivity index (χ2v) is 6.93. The quantitative estimate of drug-likeness (QED) is 0.920. The van der Waals surface area contributed by atoms with Gasteiger partial charge in [0.1, 0.15) is 6.54 Å². The van der Waals surface area contributed by atoms with Gasteiger partial charge in [-0.05, 0) is 31.2 Å². The van der Waals surface area contributed by atoms with Crippen LogP contribution in [0.4, 0.5) is 11.4 Å². The van der Waals surface area contributed by atoms with Crippen molar-refractivity contribution in [1.29, 1.82) is 0 Å². The maximum Gasteiger partial charge on any atom is 0.245 e. The zero-order valence-corrected chi connectivity index (χ0v) is 13.3. The number of rotatable bonds is 5. The van der Waals surface area contributed by atoms with Gasteiger partial charge in [-0.2, -0.15) is 0 Å². The van der Waals surface area contributed by atoms with E-state index in [4.69, 9.17) is 0 Å². The van der Waals surface area contributed by atoms with Crippen LogP contribution in [0.15, 0.2) is 54.6 Å². The summed E-state index contributed by atoms with van der Waals surface area (Å²) in [7, 11) is -3.55. The summed E-state index contributed by atoms with van der Waals surface area (Å²) in [5, 5.41) is 2.68. The molecule has 0 aliphatic carbocycles. The molecule has 0 bridgehead atoms. The zero-order chi connectivity index (χ0) is 16.2. The van der Waals surface area contributed by atoms with Gasteiger partial charge in [-0.1, -0.05) is 35.9 Å². The van der Waals surface area contributed by atoms with E-state index in [0.29, 0.717) is 11.4 Å². The minimum absolute atomic E-state index is 0.267. The highest BCUT2D eigenvalue weighted by atomic mass is 32.2. The van der Waals surface area contributed by atoms with Crippen molar-refractivity contribution >= 4 is 27.3 Å². The van der Waals surface area contributed by atoms with Crippen molar-refractivity contribution in [2.75, 3.05) is 22.4 Å². The molecule has 2 rings (SSSR count). The monoisotopic (exact) mass is 318 g/mol. The van der Waals surface area contributed by atoms with Crippen molar-refractivity contribution in [2.45, 2.75) is 6.92 Å². The van der Waals surface area contributed by atoms with Gasteiger partial charge in [0, 0.05) is 5.69 Å². The standard InChI is InChI=1S/C16H18N2O3S/c1-13-8-10-15(11-9-13)18(22(2,20)21)12-16(19)17-14-6-4-3-5-7-14/h3-11H,12H2,1-2H3,(H,17,19). The number of benzene rings is 2. The van der Waals surface area contributed by atoms with Gasteiger partial charge in [0.2, 0.25) is 15.9 Å². The lowest BCUT2D eigenvalue weighted by molar-refractivity contribution is -0.114. The van der Waals surface area contributed by atoms with Gasteiger partial charge in [0.05, 0.1) is 11.9 Å². The van der Waals surface area contributed by atoms with Gasteiger partial charge >= 0.3 is 0 Å². The van der Waals surface area contributed by atoms with E-state index >= 15 is 0 Å². The Morgan fingerprint density at radius 1 is 1.05 bits per heavy atom. The van der Waals surface area contributed by atoms with Gasteiger partial charge < -0.3 is 5.32 Å². The first-order valence-electron chi connectivity index (χ1n) is 6.75. The first-order chi connectivity index (χ1) is 10.4. The molecule has 0 saturated carbocycles. The highest BCUT2D eigenvalue weighted by molar-refractivity contribution is 7.92. The maximum absolute atomic E-state index is 12.1. The van der Waals surface area contributed by atoms with E-state index in [9.17, 15) is 13.2 Å². The number of carbonyl (C=O) groups is 1. The maximum atomic E-state index is 12.1. The van der Waals surface area contributed by atoms with Crippen LogP contribution in [0.2, 0.25) is 0 Å². The summed E-state index contributed by atoms with van der Waals surface area (Å²) in [5.41, 5.74) is 2.12. The summed E-state index contributed by atoms with van der Waals surface area (Å²) in [6.45, 7) is 1.65. The Balaban J connectivity index is 2.17. The number of hydrogen-bond donors (Lipinski definition) is 1. The molecule has 0 saturated heterocycles. The van der Waals surface area contributed by atoms with E-state index in [1.807, 2.05) is 25.1 Å². The largest absolute Gasteiger partial charge is 0.325 e. The molecule has 0 unspecified atom stereocenters. The van der Waals surface area contributed by atoms with E-state index in [1.165, 1.54) is 0 Å². The van der Waals surface area contributed by atoms with Gasteiger partial charge in [0.25, 0.3) is 0 Å². The number of nitrogens with one attached hydrogen (secondary N) is 1. The fourth-order valence-electron chi connectivity index (χ4n) is 1.96. The fraction of sp³-hybridized carbons (Fsp3) is 0.188. The van der Waals surface area contributed by atoms with E-state index < -0.39 is 15.9 Å². The number of hydrogen-bond acceptors (Lipinski definition) is 3. The van der Waals surface area contributed by atoms with Gasteiger partial charge in [0.15, 0.2) is 0 Å². The molecule has 0 aliphatic rings. The summed E-state index contributed by atoms with van der Waals surface area (Å²) in [5.74, 6) is -0.391. The highest BCUT2D eigenvalue weighted by Gasteiger charge is 2.20. The molecule has 0 radical (unpaired) electrons. The van der Waals surface area contributed by atoms with Gasteiger partial charge in [-0.3, -0.25) is 9.10 Å². The number of nitrogens with zero attached hydrogens (tertiary/aromatic N) is 1. The predicted octanol–water partition coefficient (Wildman–Crippen LogP) is 2.40. The Morgan fingerprint density at radius 3 is 2.18 bits per heavy atom. The van der Waals surface area contributed by atoms with Crippen LogP contribution in [0.1, 0.15) is 5.56 Å². The number of para-hydroxylation sites is 1. The molecule has 0 fully saturated rings. The van der Waals surface area contributed by atoms with Crippen molar-refractivity contribution in [1.82, 2.24) is 0 Å². The average molecular weight is 318 g/mol. The first-order valence-corrected chi connectivity index (χ1v) is 8.60. The third kappa shape index (κ3) is 4.33. The van der Waals surface area contributed by atoms with Crippen LogP contribution in [0, 0.1) is 6.92 Å². The van der Waals surface area contributed by atoms with E-state index in [1.54, 1.807) is 36.4 Å². The second-order valence-electron chi connectivity index (χ2n) is 5.02. The molecule has 0 aliphatic heterocycles. The molecular weight excluding hydrogens is 300 g/mol. The Hall–Kier alpha value is -2.34. The Morgan fingerprint density at radius 2 is 1.64 bits per heavy atom. The molecule has 2 aromatic carbocycles. The van der Waals surface area contributed by atoms with E-state index in [0.717, 1.165) is 16.1 Å². The number of aryl methyl sites for hydroxylation is 1. The molecule has 0 spiro atoms. The zero-order valence-electron chi connectivity index (χ0n) is 12.5. The molecule has 1 amide bonds. The van der Waals surface area contributed by atoms with Crippen molar-refractivity contribution in [2.24, 2.45) is 0 Å². The Labute approximate surface area is 130 Å². The predicted molar refractivity (Wildman–Crippen MR) is 88.4 cm³/mol. The van der Waals surface area contributed by atoms with E-state index in [-0.39, 0.29) is 6.54 Å². The lowest BCUT2D eigenvalue weighted by Gasteiger charge is -2.22. The topological polar surface area (TPSA) is 66.5 Å². The Bertz CT molecular complexity index is 741. The Kier molecular flexibility index (Phi) is 4.82. The molecular formula is C16H18N2O3S. The van der Waals surface area contributed by atoms with Crippen molar-refractivity contribution in [3.8, 4) is 0 Å². The van der Waals surface area contributed by atoms with Crippen molar-refractivity contribution < 1.29 is 13.2 Å². The summed E-state index contributed by atoms with van der Waals surface area (Å²) in [6, 6.07) is 15.9. The normalized spacial score (nSPS) is 11.0. The molecule has 116 valence electrons. The third-order valence-electron chi connectivity index (χ3n) is 3.07. The lowest BCUT2D eigenvalue weighted by Crippen LogP contribution is -2.37. The van der Waals surface area contributed by atoms with Crippen LogP contribution in [0.5, 0.6) is 0 Å². The number of amides is 1. The summed E-state index contributed by atoms with van der Waals surface area (Å²) >= 11 is 0. The molecule has 1 N–H and O–H groups in total. The van der Waals surface area contributed by atoms with Crippen molar-refractivity contribution in [3.63, 3.8) is 0 Å².